The second-order valence-corrected chi connectivity index (χ2v) is 5.57. The Labute approximate surface area is 137 Å². The standard InChI is InChI=1S/C19H23NO3/c1-14-11-16(9-10-18(14)22-3)12-19(21)20-15(2)13-23-17-7-5-4-6-8-17/h4-11,15H,12-13H2,1-3H3,(H,20,21). The van der Waals surface area contributed by atoms with E-state index in [4.69, 9.17) is 9.47 Å². The predicted octanol–water partition coefficient (Wildman–Crippen LogP) is 3.13. The molecule has 2 aromatic rings. The topological polar surface area (TPSA) is 47.6 Å². The van der Waals surface area contributed by atoms with E-state index in [0.29, 0.717) is 13.0 Å². The maximum absolute atomic E-state index is 12.1. The molecule has 1 N–H and O–H groups in total. The largest absolute Gasteiger partial charge is 0.496 e. The average Bonchev–Trinajstić information content (AvgIpc) is 2.54. The van der Waals surface area contributed by atoms with Crippen molar-refractivity contribution in [2.75, 3.05) is 13.7 Å². The van der Waals surface area contributed by atoms with Crippen LogP contribution in [0, 0.1) is 6.92 Å². The summed E-state index contributed by atoms with van der Waals surface area (Å²) in [5, 5.41) is 2.95. The molecule has 2 aromatic carbocycles. The third-order valence-electron chi connectivity index (χ3n) is 3.47. The van der Waals surface area contributed by atoms with Crippen molar-refractivity contribution in [3.05, 3.63) is 59.7 Å². The van der Waals surface area contributed by atoms with Crippen molar-refractivity contribution in [2.24, 2.45) is 0 Å². The molecule has 4 nitrogen and oxygen atoms in total. The van der Waals surface area contributed by atoms with E-state index in [1.165, 1.54) is 0 Å². The molecule has 0 aliphatic rings. The summed E-state index contributed by atoms with van der Waals surface area (Å²) in [6.45, 7) is 4.34. The number of hydrogen-bond donors (Lipinski definition) is 1. The van der Waals surface area contributed by atoms with Crippen molar-refractivity contribution >= 4 is 5.91 Å². The van der Waals surface area contributed by atoms with E-state index in [9.17, 15) is 4.79 Å². The molecule has 0 aliphatic heterocycles. The number of rotatable bonds is 7. The summed E-state index contributed by atoms with van der Waals surface area (Å²) in [6.07, 6.45) is 0.348. The van der Waals surface area contributed by atoms with Gasteiger partial charge in [0.15, 0.2) is 0 Å². The van der Waals surface area contributed by atoms with Crippen molar-refractivity contribution < 1.29 is 14.3 Å². The third-order valence-corrected chi connectivity index (χ3v) is 3.47. The van der Waals surface area contributed by atoms with E-state index in [1.807, 2.05) is 62.4 Å². The van der Waals surface area contributed by atoms with Crippen LogP contribution in [-0.4, -0.2) is 25.7 Å². The van der Waals surface area contributed by atoms with Crippen molar-refractivity contribution in [1.82, 2.24) is 5.32 Å². The summed E-state index contributed by atoms with van der Waals surface area (Å²) in [7, 11) is 1.64. The molecule has 0 saturated carbocycles. The second kappa shape index (κ2) is 8.22. The molecule has 23 heavy (non-hydrogen) atoms. The van der Waals surface area contributed by atoms with Gasteiger partial charge >= 0.3 is 0 Å². The van der Waals surface area contributed by atoms with E-state index in [-0.39, 0.29) is 11.9 Å². The van der Waals surface area contributed by atoms with Gasteiger partial charge in [0.2, 0.25) is 5.91 Å². The lowest BCUT2D eigenvalue weighted by atomic mass is 10.1. The zero-order valence-electron chi connectivity index (χ0n) is 13.8. The molecule has 1 unspecified atom stereocenters. The van der Waals surface area contributed by atoms with Crippen LogP contribution in [-0.2, 0) is 11.2 Å². The third kappa shape index (κ3) is 5.33. The molecule has 122 valence electrons. The van der Waals surface area contributed by atoms with Gasteiger partial charge in [-0.05, 0) is 43.2 Å². The Kier molecular flexibility index (Phi) is 6.03. The minimum Gasteiger partial charge on any atom is -0.496 e. The Hall–Kier alpha value is -2.49. The van der Waals surface area contributed by atoms with E-state index >= 15 is 0 Å². The van der Waals surface area contributed by atoms with Crippen molar-refractivity contribution in [3.8, 4) is 11.5 Å². The summed E-state index contributed by atoms with van der Waals surface area (Å²) >= 11 is 0. The molecule has 0 radical (unpaired) electrons. The van der Waals surface area contributed by atoms with Gasteiger partial charge in [-0.25, -0.2) is 0 Å². The smallest absolute Gasteiger partial charge is 0.224 e. The van der Waals surface area contributed by atoms with E-state index in [2.05, 4.69) is 5.32 Å². The molecule has 0 heterocycles. The highest BCUT2D eigenvalue weighted by molar-refractivity contribution is 5.79. The van der Waals surface area contributed by atoms with Crippen LogP contribution in [0.1, 0.15) is 18.1 Å². The Morgan fingerprint density at radius 1 is 1.17 bits per heavy atom. The fourth-order valence-electron chi connectivity index (χ4n) is 2.34. The highest BCUT2D eigenvalue weighted by atomic mass is 16.5. The van der Waals surface area contributed by atoms with Gasteiger partial charge in [0, 0.05) is 0 Å². The lowest BCUT2D eigenvalue weighted by molar-refractivity contribution is -0.121. The van der Waals surface area contributed by atoms with Gasteiger partial charge in [-0.15, -0.1) is 0 Å². The minimum atomic E-state index is -0.0537. The Morgan fingerprint density at radius 3 is 2.57 bits per heavy atom. The van der Waals surface area contributed by atoms with Crippen LogP contribution in [0.4, 0.5) is 0 Å². The first-order chi connectivity index (χ1) is 11.1. The lowest BCUT2D eigenvalue weighted by Crippen LogP contribution is -2.37. The number of carbonyl (C=O) groups excluding carboxylic acids is 1. The summed E-state index contributed by atoms with van der Waals surface area (Å²) in [6, 6.07) is 15.3. The fourth-order valence-corrected chi connectivity index (χ4v) is 2.34. The maximum Gasteiger partial charge on any atom is 0.224 e. The van der Waals surface area contributed by atoms with Crippen LogP contribution in [0.25, 0.3) is 0 Å². The molecule has 0 aliphatic carbocycles. The quantitative estimate of drug-likeness (QED) is 0.854. The first kappa shape index (κ1) is 16.9. The second-order valence-electron chi connectivity index (χ2n) is 5.57. The number of nitrogens with one attached hydrogen (secondary N) is 1. The molecule has 0 saturated heterocycles. The molecular formula is C19H23NO3. The molecule has 1 amide bonds. The molecule has 0 fully saturated rings. The highest BCUT2D eigenvalue weighted by Gasteiger charge is 2.10. The van der Waals surface area contributed by atoms with Gasteiger partial charge in [0.05, 0.1) is 19.6 Å². The number of methoxy groups -OCH3 is 1. The number of amides is 1. The van der Waals surface area contributed by atoms with E-state index in [0.717, 1.165) is 22.6 Å². The van der Waals surface area contributed by atoms with Gasteiger partial charge in [0.1, 0.15) is 18.1 Å². The SMILES string of the molecule is COc1ccc(CC(=O)NC(C)COc2ccccc2)cc1C. The molecule has 0 aromatic heterocycles. The Bertz CT molecular complexity index is 640. The average molecular weight is 313 g/mol. The Morgan fingerprint density at radius 2 is 1.91 bits per heavy atom. The number of benzene rings is 2. The maximum atomic E-state index is 12.1. The number of aryl methyl sites for hydroxylation is 1. The normalized spacial score (nSPS) is 11.6. The van der Waals surface area contributed by atoms with Gasteiger partial charge in [0.25, 0.3) is 0 Å². The first-order valence-corrected chi connectivity index (χ1v) is 7.69. The number of para-hydroxylation sites is 1. The highest BCUT2D eigenvalue weighted by Crippen LogP contribution is 2.18. The summed E-state index contributed by atoms with van der Waals surface area (Å²) < 4.78 is 10.9. The van der Waals surface area contributed by atoms with Gasteiger partial charge in [-0.3, -0.25) is 4.79 Å². The van der Waals surface area contributed by atoms with Crippen LogP contribution >= 0.6 is 0 Å². The monoisotopic (exact) mass is 313 g/mol. The van der Waals surface area contributed by atoms with Crippen LogP contribution in [0.3, 0.4) is 0 Å². The molecule has 4 heteroatoms. The van der Waals surface area contributed by atoms with Gasteiger partial charge in [-0.2, -0.15) is 0 Å². The molecule has 0 bridgehead atoms. The molecular weight excluding hydrogens is 290 g/mol. The van der Waals surface area contributed by atoms with Crippen LogP contribution in [0.15, 0.2) is 48.5 Å². The molecule has 0 spiro atoms. The summed E-state index contributed by atoms with van der Waals surface area (Å²) in [4.78, 5) is 12.1. The van der Waals surface area contributed by atoms with Crippen LogP contribution in [0.2, 0.25) is 0 Å². The van der Waals surface area contributed by atoms with Crippen molar-refractivity contribution in [2.45, 2.75) is 26.3 Å². The van der Waals surface area contributed by atoms with Crippen LogP contribution in [0.5, 0.6) is 11.5 Å². The number of ether oxygens (including phenoxy) is 2. The molecule has 2 rings (SSSR count). The fraction of sp³-hybridized carbons (Fsp3) is 0.316. The number of hydrogen-bond acceptors (Lipinski definition) is 3. The zero-order valence-corrected chi connectivity index (χ0v) is 13.8. The van der Waals surface area contributed by atoms with E-state index < -0.39 is 0 Å². The van der Waals surface area contributed by atoms with Gasteiger partial charge in [-0.1, -0.05) is 30.3 Å². The van der Waals surface area contributed by atoms with Crippen molar-refractivity contribution in [3.63, 3.8) is 0 Å². The number of carbonyl (C=O) groups is 1. The van der Waals surface area contributed by atoms with Gasteiger partial charge < -0.3 is 14.8 Å². The Balaban J connectivity index is 1.80. The first-order valence-electron chi connectivity index (χ1n) is 7.69. The van der Waals surface area contributed by atoms with Crippen LogP contribution < -0.4 is 14.8 Å². The van der Waals surface area contributed by atoms with Crippen molar-refractivity contribution in [1.29, 1.82) is 0 Å². The minimum absolute atomic E-state index is 0.0151. The van der Waals surface area contributed by atoms with E-state index in [1.54, 1.807) is 7.11 Å². The summed E-state index contributed by atoms with van der Waals surface area (Å²) in [5.41, 5.74) is 2.00. The predicted molar refractivity (Wildman–Crippen MR) is 91.0 cm³/mol. The lowest BCUT2D eigenvalue weighted by Gasteiger charge is -2.15. The summed E-state index contributed by atoms with van der Waals surface area (Å²) in [5.74, 6) is 1.62. The molecule has 1 atom stereocenters. The zero-order chi connectivity index (χ0) is 16.7.